The molecule has 0 amide bonds. The largest absolute Gasteiger partial charge is 0.379 e. The molecule has 0 N–H and O–H groups in total. The van der Waals surface area contributed by atoms with Crippen molar-refractivity contribution in [2.75, 3.05) is 32.8 Å². The SMILES string of the molecule is O=C1/C(=C\c2ccccc2)CCC1CN1CCOCC1. The molecule has 0 bridgehead atoms. The Labute approximate surface area is 120 Å². The summed E-state index contributed by atoms with van der Waals surface area (Å²) in [7, 11) is 0. The van der Waals surface area contributed by atoms with E-state index < -0.39 is 0 Å². The average Bonchev–Trinajstić information content (AvgIpc) is 2.83. The van der Waals surface area contributed by atoms with E-state index in [1.807, 2.05) is 18.2 Å². The van der Waals surface area contributed by atoms with Crippen LogP contribution in [-0.2, 0) is 9.53 Å². The molecule has 1 aromatic carbocycles. The Kier molecular flexibility index (Phi) is 4.28. The summed E-state index contributed by atoms with van der Waals surface area (Å²) in [6.45, 7) is 4.42. The smallest absolute Gasteiger partial charge is 0.163 e. The van der Waals surface area contributed by atoms with Gasteiger partial charge in [0.1, 0.15) is 0 Å². The minimum Gasteiger partial charge on any atom is -0.379 e. The third-order valence-corrected chi connectivity index (χ3v) is 4.17. The molecule has 0 spiro atoms. The molecule has 1 aromatic rings. The Morgan fingerprint density at radius 2 is 1.95 bits per heavy atom. The normalized spacial score (nSPS) is 26.3. The number of morpholine rings is 1. The van der Waals surface area contributed by atoms with Gasteiger partial charge in [-0.15, -0.1) is 0 Å². The van der Waals surface area contributed by atoms with E-state index in [0.717, 1.165) is 56.8 Å². The Bertz CT molecular complexity index is 489. The molecule has 106 valence electrons. The monoisotopic (exact) mass is 271 g/mol. The number of hydrogen-bond acceptors (Lipinski definition) is 3. The Morgan fingerprint density at radius 3 is 2.70 bits per heavy atom. The molecule has 1 aliphatic heterocycles. The van der Waals surface area contributed by atoms with Crippen LogP contribution in [0.4, 0.5) is 0 Å². The number of rotatable bonds is 3. The molecule has 2 aliphatic rings. The number of carbonyl (C=O) groups excluding carboxylic acids is 1. The Hall–Kier alpha value is -1.45. The zero-order valence-electron chi connectivity index (χ0n) is 11.8. The van der Waals surface area contributed by atoms with Gasteiger partial charge in [-0.2, -0.15) is 0 Å². The van der Waals surface area contributed by atoms with Gasteiger partial charge >= 0.3 is 0 Å². The molecule has 3 rings (SSSR count). The fraction of sp³-hybridized carbons (Fsp3) is 0.471. The van der Waals surface area contributed by atoms with Crippen molar-refractivity contribution in [3.63, 3.8) is 0 Å². The van der Waals surface area contributed by atoms with Gasteiger partial charge in [-0.25, -0.2) is 0 Å². The maximum absolute atomic E-state index is 12.5. The van der Waals surface area contributed by atoms with Gasteiger partial charge in [-0.05, 0) is 30.1 Å². The summed E-state index contributed by atoms with van der Waals surface area (Å²) in [4.78, 5) is 14.8. The van der Waals surface area contributed by atoms with E-state index in [1.165, 1.54) is 0 Å². The molecule has 3 heteroatoms. The molecule has 1 atom stereocenters. The van der Waals surface area contributed by atoms with Crippen LogP contribution in [0.1, 0.15) is 18.4 Å². The van der Waals surface area contributed by atoms with Crippen molar-refractivity contribution in [1.82, 2.24) is 4.90 Å². The van der Waals surface area contributed by atoms with E-state index in [2.05, 4.69) is 23.1 Å². The first-order valence-electron chi connectivity index (χ1n) is 7.43. The van der Waals surface area contributed by atoms with E-state index >= 15 is 0 Å². The number of ether oxygens (including phenoxy) is 1. The third kappa shape index (κ3) is 3.17. The summed E-state index contributed by atoms with van der Waals surface area (Å²) in [5, 5.41) is 0. The van der Waals surface area contributed by atoms with Crippen LogP contribution in [0, 0.1) is 5.92 Å². The highest BCUT2D eigenvalue weighted by Gasteiger charge is 2.30. The number of benzene rings is 1. The van der Waals surface area contributed by atoms with Crippen molar-refractivity contribution in [3.05, 3.63) is 41.5 Å². The van der Waals surface area contributed by atoms with Crippen molar-refractivity contribution in [2.45, 2.75) is 12.8 Å². The minimum absolute atomic E-state index is 0.183. The van der Waals surface area contributed by atoms with E-state index in [4.69, 9.17) is 4.74 Å². The summed E-state index contributed by atoms with van der Waals surface area (Å²) in [5.41, 5.74) is 2.12. The molecule has 2 fully saturated rings. The molecule has 0 aromatic heterocycles. The second kappa shape index (κ2) is 6.33. The second-order valence-electron chi connectivity index (χ2n) is 5.59. The van der Waals surface area contributed by atoms with Crippen LogP contribution in [0.25, 0.3) is 6.08 Å². The molecular formula is C17H21NO2. The van der Waals surface area contributed by atoms with E-state index in [9.17, 15) is 4.79 Å². The number of ketones is 1. The zero-order valence-corrected chi connectivity index (χ0v) is 11.8. The molecule has 1 saturated carbocycles. The highest BCUT2D eigenvalue weighted by Crippen LogP contribution is 2.29. The number of allylic oxidation sites excluding steroid dienone is 1. The van der Waals surface area contributed by atoms with Crippen LogP contribution in [0.3, 0.4) is 0 Å². The Morgan fingerprint density at radius 1 is 1.20 bits per heavy atom. The number of hydrogen-bond donors (Lipinski definition) is 0. The maximum Gasteiger partial charge on any atom is 0.163 e. The van der Waals surface area contributed by atoms with Crippen LogP contribution >= 0.6 is 0 Å². The van der Waals surface area contributed by atoms with Crippen LogP contribution in [0.5, 0.6) is 0 Å². The van der Waals surface area contributed by atoms with Gasteiger partial charge in [-0.1, -0.05) is 30.3 Å². The molecule has 1 unspecified atom stereocenters. The average molecular weight is 271 g/mol. The van der Waals surface area contributed by atoms with Crippen LogP contribution < -0.4 is 0 Å². The first-order chi connectivity index (χ1) is 9.83. The predicted octanol–water partition coefficient (Wildman–Crippen LogP) is 2.38. The van der Waals surface area contributed by atoms with Gasteiger partial charge < -0.3 is 4.74 Å². The molecule has 3 nitrogen and oxygen atoms in total. The first kappa shape index (κ1) is 13.5. The number of Topliss-reactive ketones (excluding diaryl/α,β-unsaturated/α-hetero) is 1. The first-order valence-corrected chi connectivity index (χ1v) is 7.43. The van der Waals surface area contributed by atoms with Gasteiger partial charge in [0.15, 0.2) is 5.78 Å². The lowest BCUT2D eigenvalue weighted by molar-refractivity contribution is -0.118. The van der Waals surface area contributed by atoms with Gasteiger partial charge in [-0.3, -0.25) is 9.69 Å². The van der Waals surface area contributed by atoms with E-state index in [1.54, 1.807) is 0 Å². The van der Waals surface area contributed by atoms with E-state index in [-0.39, 0.29) is 5.92 Å². The topological polar surface area (TPSA) is 29.5 Å². The van der Waals surface area contributed by atoms with Crippen molar-refractivity contribution < 1.29 is 9.53 Å². The van der Waals surface area contributed by atoms with Crippen molar-refractivity contribution in [2.24, 2.45) is 5.92 Å². The van der Waals surface area contributed by atoms with Crippen molar-refractivity contribution >= 4 is 11.9 Å². The molecule has 1 heterocycles. The molecule has 0 radical (unpaired) electrons. The van der Waals surface area contributed by atoms with Gasteiger partial charge in [0.05, 0.1) is 13.2 Å². The fourth-order valence-electron chi connectivity index (χ4n) is 3.01. The van der Waals surface area contributed by atoms with Crippen LogP contribution in [0.15, 0.2) is 35.9 Å². The van der Waals surface area contributed by atoms with E-state index in [0.29, 0.717) is 5.78 Å². The highest BCUT2D eigenvalue weighted by atomic mass is 16.5. The van der Waals surface area contributed by atoms with Gasteiger partial charge in [0, 0.05) is 25.6 Å². The predicted molar refractivity (Wildman–Crippen MR) is 79.4 cm³/mol. The van der Waals surface area contributed by atoms with Crippen molar-refractivity contribution in [1.29, 1.82) is 0 Å². The molecule has 20 heavy (non-hydrogen) atoms. The lowest BCUT2D eigenvalue weighted by atomic mass is 10.0. The summed E-state index contributed by atoms with van der Waals surface area (Å²) >= 11 is 0. The summed E-state index contributed by atoms with van der Waals surface area (Å²) in [6, 6.07) is 10.1. The lowest BCUT2D eigenvalue weighted by Gasteiger charge is -2.28. The zero-order chi connectivity index (χ0) is 13.8. The maximum atomic E-state index is 12.5. The second-order valence-corrected chi connectivity index (χ2v) is 5.59. The summed E-state index contributed by atoms with van der Waals surface area (Å²) in [6.07, 6.45) is 3.97. The molecule has 1 aliphatic carbocycles. The van der Waals surface area contributed by atoms with Gasteiger partial charge in [0.25, 0.3) is 0 Å². The summed E-state index contributed by atoms with van der Waals surface area (Å²) in [5.74, 6) is 0.531. The fourth-order valence-corrected chi connectivity index (χ4v) is 3.01. The highest BCUT2D eigenvalue weighted by molar-refractivity contribution is 6.03. The molecular weight excluding hydrogens is 250 g/mol. The Balaban J connectivity index is 1.63. The summed E-state index contributed by atoms with van der Waals surface area (Å²) < 4.78 is 5.35. The number of nitrogens with zero attached hydrogens (tertiary/aromatic N) is 1. The number of carbonyl (C=O) groups is 1. The van der Waals surface area contributed by atoms with Crippen LogP contribution in [0.2, 0.25) is 0 Å². The quantitative estimate of drug-likeness (QED) is 0.791. The molecule has 1 saturated heterocycles. The van der Waals surface area contributed by atoms with Crippen LogP contribution in [-0.4, -0.2) is 43.5 Å². The lowest BCUT2D eigenvalue weighted by Crippen LogP contribution is -2.40. The standard InChI is InChI=1S/C17H21NO2/c19-17-15(12-14-4-2-1-3-5-14)6-7-16(17)13-18-8-10-20-11-9-18/h1-5,12,16H,6-11,13H2/b15-12-. The van der Waals surface area contributed by atoms with Gasteiger partial charge in [0.2, 0.25) is 0 Å². The third-order valence-electron chi connectivity index (χ3n) is 4.17. The minimum atomic E-state index is 0.183. The van der Waals surface area contributed by atoms with Crippen molar-refractivity contribution in [3.8, 4) is 0 Å².